The van der Waals surface area contributed by atoms with Crippen LogP contribution >= 0.6 is 0 Å². The third-order valence-corrected chi connectivity index (χ3v) is 1.67. The van der Waals surface area contributed by atoms with Crippen LogP contribution in [0.4, 0.5) is 4.79 Å². The SMILES string of the molecule is CCS(=O)(=O)ONC(N)=O. The molecule has 0 aromatic rings. The summed E-state index contributed by atoms with van der Waals surface area (Å²) >= 11 is 0. The maximum atomic E-state index is 10.4. The van der Waals surface area contributed by atoms with Crippen LogP contribution in [0.15, 0.2) is 0 Å². The first-order chi connectivity index (χ1) is 4.48. The molecule has 0 saturated heterocycles. The number of hydrogen-bond donors (Lipinski definition) is 2. The van der Waals surface area contributed by atoms with E-state index in [1.807, 2.05) is 0 Å². The number of rotatable bonds is 3. The van der Waals surface area contributed by atoms with Crippen molar-refractivity contribution >= 4 is 16.1 Å². The number of amides is 2. The lowest BCUT2D eigenvalue weighted by molar-refractivity contribution is 0.189. The number of urea groups is 1. The van der Waals surface area contributed by atoms with Gasteiger partial charge in [-0.15, -0.1) is 4.28 Å². The minimum absolute atomic E-state index is 0.215. The third-order valence-electron chi connectivity index (χ3n) is 0.623. The Kier molecular flexibility index (Phi) is 3.10. The second-order valence-corrected chi connectivity index (χ2v) is 3.26. The molecule has 0 saturated carbocycles. The van der Waals surface area contributed by atoms with Crippen LogP contribution in [-0.4, -0.2) is 20.2 Å². The maximum Gasteiger partial charge on any atom is 0.337 e. The van der Waals surface area contributed by atoms with Crippen LogP contribution in [0, 0.1) is 0 Å². The molecule has 3 N–H and O–H groups in total. The van der Waals surface area contributed by atoms with Crippen molar-refractivity contribution in [1.82, 2.24) is 5.48 Å². The van der Waals surface area contributed by atoms with Crippen LogP contribution in [0.1, 0.15) is 6.92 Å². The summed E-state index contributed by atoms with van der Waals surface area (Å²) in [5, 5.41) is 0. The Labute approximate surface area is 58.4 Å². The van der Waals surface area contributed by atoms with Crippen molar-refractivity contribution < 1.29 is 17.5 Å². The molecule has 0 radical (unpaired) electrons. The predicted molar refractivity (Wildman–Crippen MR) is 33.3 cm³/mol. The van der Waals surface area contributed by atoms with E-state index in [0.717, 1.165) is 0 Å². The third kappa shape index (κ3) is 4.10. The van der Waals surface area contributed by atoms with Crippen molar-refractivity contribution in [3.05, 3.63) is 0 Å². The summed E-state index contributed by atoms with van der Waals surface area (Å²) in [4.78, 5) is 9.88. The van der Waals surface area contributed by atoms with Gasteiger partial charge in [-0.05, 0) is 6.92 Å². The molecule has 0 rings (SSSR count). The first-order valence-electron chi connectivity index (χ1n) is 2.44. The lowest BCUT2D eigenvalue weighted by Crippen LogP contribution is -2.32. The Hall–Kier alpha value is -0.820. The van der Waals surface area contributed by atoms with E-state index >= 15 is 0 Å². The van der Waals surface area contributed by atoms with Crippen LogP contribution < -0.4 is 11.2 Å². The first-order valence-corrected chi connectivity index (χ1v) is 4.02. The van der Waals surface area contributed by atoms with Gasteiger partial charge in [-0.2, -0.15) is 13.9 Å². The lowest BCUT2D eigenvalue weighted by Gasteiger charge is -1.99. The normalized spacial score (nSPS) is 10.9. The highest BCUT2D eigenvalue weighted by Gasteiger charge is 2.07. The summed E-state index contributed by atoms with van der Waals surface area (Å²) in [6.07, 6.45) is 0. The molecule has 10 heavy (non-hydrogen) atoms. The Morgan fingerprint density at radius 3 is 2.50 bits per heavy atom. The van der Waals surface area contributed by atoms with Crippen LogP contribution in [-0.2, 0) is 14.4 Å². The number of hydrogen-bond acceptors (Lipinski definition) is 4. The minimum atomic E-state index is -3.63. The van der Waals surface area contributed by atoms with Gasteiger partial charge in [-0.1, -0.05) is 0 Å². The van der Waals surface area contributed by atoms with E-state index in [1.54, 1.807) is 0 Å². The molecule has 0 aliphatic carbocycles. The van der Waals surface area contributed by atoms with Crippen molar-refractivity contribution in [3.8, 4) is 0 Å². The van der Waals surface area contributed by atoms with Gasteiger partial charge in [0, 0.05) is 0 Å². The molecule has 2 amide bonds. The van der Waals surface area contributed by atoms with Gasteiger partial charge in [0.2, 0.25) is 0 Å². The van der Waals surface area contributed by atoms with Gasteiger partial charge in [0.05, 0.1) is 5.75 Å². The summed E-state index contributed by atoms with van der Waals surface area (Å²) < 4.78 is 24.7. The smallest absolute Gasteiger partial charge is 0.337 e. The first kappa shape index (κ1) is 9.18. The highest BCUT2D eigenvalue weighted by molar-refractivity contribution is 7.86. The summed E-state index contributed by atoms with van der Waals surface area (Å²) in [5.74, 6) is -0.215. The highest BCUT2D eigenvalue weighted by atomic mass is 32.2. The van der Waals surface area contributed by atoms with Crippen molar-refractivity contribution in [2.24, 2.45) is 5.73 Å². The molecule has 6 nitrogen and oxygen atoms in total. The van der Waals surface area contributed by atoms with Gasteiger partial charge < -0.3 is 5.73 Å². The zero-order valence-electron chi connectivity index (χ0n) is 5.33. The Balaban J connectivity index is 3.81. The topological polar surface area (TPSA) is 98.5 Å². The fourth-order valence-electron chi connectivity index (χ4n) is 0.163. The Morgan fingerprint density at radius 1 is 1.70 bits per heavy atom. The molecule has 0 aliphatic rings. The molecule has 0 aliphatic heterocycles. The zero-order chi connectivity index (χ0) is 8.20. The molecule has 7 heteroatoms. The molecule has 0 spiro atoms. The van der Waals surface area contributed by atoms with E-state index in [1.165, 1.54) is 12.4 Å². The van der Waals surface area contributed by atoms with Crippen LogP contribution in [0.3, 0.4) is 0 Å². The lowest BCUT2D eigenvalue weighted by atomic mass is 11.0. The largest absolute Gasteiger partial charge is 0.350 e. The van der Waals surface area contributed by atoms with Crippen LogP contribution in [0.2, 0.25) is 0 Å². The van der Waals surface area contributed by atoms with Crippen molar-refractivity contribution in [2.45, 2.75) is 6.92 Å². The number of carbonyl (C=O) groups is 1. The molecule has 0 fully saturated rings. The predicted octanol–water partition coefficient (Wildman–Crippen LogP) is -1.06. The van der Waals surface area contributed by atoms with E-state index in [9.17, 15) is 13.2 Å². The summed E-state index contributed by atoms with van der Waals surface area (Å²) in [6, 6.07) is -1.04. The van der Waals surface area contributed by atoms with Gasteiger partial charge in [-0.25, -0.2) is 4.79 Å². The number of nitrogens with one attached hydrogen (secondary N) is 1. The second-order valence-electron chi connectivity index (χ2n) is 1.40. The fourth-order valence-corrected chi connectivity index (χ4v) is 0.490. The minimum Gasteiger partial charge on any atom is -0.350 e. The van der Waals surface area contributed by atoms with E-state index in [0.29, 0.717) is 0 Å². The zero-order valence-corrected chi connectivity index (χ0v) is 6.14. The number of primary amides is 1. The monoisotopic (exact) mass is 168 g/mol. The van der Waals surface area contributed by atoms with E-state index in [2.05, 4.69) is 10.0 Å². The van der Waals surface area contributed by atoms with E-state index < -0.39 is 16.1 Å². The maximum absolute atomic E-state index is 10.4. The van der Waals surface area contributed by atoms with E-state index in [-0.39, 0.29) is 5.75 Å². The van der Waals surface area contributed by atoms with Crippen LogP contribution in [0.5, 0.6) is 0 Å². The standard InChI is InChI=1S/C3H8N2O4S/c1-2-10(7,8)9-5-3(4)6/h2H2,1H3,(H3,4,5,6). The molecule has 0 aromatic carbocycles. The molecule has 60 valence electrons. The second kappa shape index (κ2) is 3.37. The fraction of sp³-hybridized carbons (Fsp3) is 0.667. The molecule has 0 aromatic heterocycles. The number of hydroxylamine groups is 1. The summed E-state index contributed by atoms with van der Waals surface area (Å²) in [6.45, 7) is 1.37. The van der Waals surface area contributed by atoms with Gasteiger partial charge in [-0.3, -0.25) is 0 Å². The quantitative estimate of drug-likeness (QED) is 0.524. The van der Waals surface area contributed by atoms with E-state index in [4.69, 9.17) is 0 Å². The van der Waals surface area contributed by atoms with Gasteiger partial charge in [0.25, 0.3) is 10.1 Å². The molecule has 0 atom stereocenters. The molecular weight excluding hydrogens is 160 g/mol. The Morgan fingerprint density at radius 2 is 2.20 bits per heavy atom. The molecule has 0 heterocycles. The van der Waals surface area contributed by atoms with Gasteiger partial charge in [0.1, 0.15) is 0 Å². The highest BCUT2D eigenvalue weighted by Crippen LogP contribution is 1.86. The molecule has 0 bridgehead atoms. The number of carbonyl (C=O) groups excluding carboxylic acids is 1. The van der Waals surface area contributed by atoms with Gasteiger partial charge in [0.15, 0.2) is 0 Å². The van der Waals surface area contributed by atoms with Gasteiger partial charge >= 0.3 is 6.03 Å². The Bertz CT molecular complexity index is 209. The molecule has 0 unspecified atom stereocenters. The van der Waals surface area contributed by atoms with Crippen LogP contribution in [0.25, 0.3) is 0 Å². The average molecular weight is 168 g/mol. The van der Waals surface area contributed by atoms with Crippen molar-refractivity contribution in [3.63, 3.8) is 0 Å². The van der Waals surface area contributed by atoms with Crippen molar-refractivity contribution in [1.29, 1.82) is 0 Å². The number of nitrogens with two attached hydrogens (primary N) is 1. The van der Waals surface area contributed by atoms with Crippen molar-refractivity contribution in [2.75, 3.05) is 5.75 Å². The molecular formula is C3H8N2O4S. The summed E-state index contributed by atoms with van der Waals surface area (Å²) in [7, 11) is -3.63. The average Bonchev–Trinajstić information content (AvgIpc) is 1.85. The summed E-state index contributed by atoms with van der Waals surface area (Å²) in [5.41, 5.74) is 6.00.